The number of ether oxygens (including phenoxy) is 1. The molecule has 25 heavy (non-hydrogen) atoms. The van der Waals surface area contributed by atoms with Crippen LogP contribution in [0.3, 0.4) is 0 Å². The van der Waals surface area contributed by atoms with E-state index in [1.54, 1.807) is 17.0 Å². The molecule has 0 radical (unpaired) electrons. The van der Waals surface area contributed by atoms with E-state index in [-0.39, 0.29) is 30.2 Å². The molecule has 2 fully saturated rings. The molecule has 5 nitrogen and oxygen atoms in total. The SMILES string of the molecule is Cl.O=C1N(Cc2ccc(OC(F)(F)F)cc2)CCN1C1CCNCC1. The third-order valence-electron chi connectivity index (χ3n) is 4.41. The van der Waals surface area contributed by atoms with Crippen molar-refractivity contribution in [2.45, 2.75) is 31.8 Å². The molecule has 2 saturated heterocycles. The average molecular weight is 380 g/mol. The highest BCUT2D eigenvalue weighted by atomic mass is 35.5. The van der Waals surface area contributed by atoms with E-state index in [2.05, 4.69) is 10.1 Å². The van der Waals surface area contributed by atoms with Crippen LogP contribution in [0, 0.1) is 0 Å². The van der Waals surface area contributed by atoms with Gasteiger partial charge in [0.15, 0.2) is 0 Å². The summed E-state index contributed by atoms with van der Waals surface area (Å²) in [7, 11) is 0. The van der Waals surface area contributed by atoms with Crippen molar-refractivity contribution in [3.63, 3.8) is 0 Å². The van der Waals surface area contributed by atoms with Gasteiger partial charge in [-0.15, -0.1) is 25.6 Å². The predicted octanol–water partition coefficient (Wildman–Crippen LogP) is 3.00. The minimum atomic E-state index is -4.69. The third-order valence-corrected chi connectivity index (χ3v) is 4.41. The lowest BCUT2D eigenvalue weighted by Crippen LogP contribution is -2.45. The van der Waals surface area contributed by atoms with Crippen LogP contribution in [0.2, 0.25) is 0 Å². The van der Waals surface area contributed by atoms with Gasteiger partial charge in [-0.2, -0.15) is 0 Å². The van der Waals surface area contributed by atoms with Gasteiger partial charge in [0.2, 0.25) is 0 Å². The van der Waals surface area contributed by atoms with E-state index in [1.807, 2.05) is 4.90 Å². The zero-order valence-electron chi connectivity index (χ0n) is 13.6. The van der Waals surface area contributed by atoms with E-state index in [4.69, 9.17) is 0 Å². The molecule has 1 N–H and O–H groups in total. The molecule has 0 aliphatic carbocycles. The van der Waals surface area contributed by atoms with Crippen molar-refractivity contribution >= 4 is 18.4 Å². The Labute approximate surface area is 150 Å². The monoisotopic (exact) mass is 379 g/mol. The Morgan fingerprint density at radius 3 is 2.36 bits per heavy atom. The van der Waals surface area contributed by atoms with E-state index in [1.165, 1.54) is 12.1 Å². The van der Waals surface area contributed by atoms with Gasteiger partial charge in [0.05, 0.1) is 0 Å². The van der Waals surface area contributed by atoms with Gasteiger partial charge in [-0.25, -0.2) is 4.79 Å². The third kappa shape index (κ3) is 5.15. The van der Waals surface area contributed by atoms with Crippen LogP contribution in [-0.4, -0.2) is 54.4 Å². The Bertz CT molecular complexity index is 577. The predicted molar refractivity (Wildman–Crippen MR) is 88.8 cm³/mol. The number of carbonyl (C=O) groups excluding carboxylic acids is 1. The molecule has 0 spiro atoms. The van der Waals surface area contributed by atoms with Gasteiger partial charge < -0.3 is 19.9 Å². The van der Waals surface area contributed by atoms with Crippen LogP contribution in [0.1, 0.15) is 18.4 Å². The first kappa shape index (κ1) is 19.7. The van der Waals surface area contributed by atoms with Gasteiger partial charge in [-0.1, -0.05) is 12.1 Å². The van der Waals surface area contributed by atoms with Gasteiger partial charge in [0, 0.05) is 25.7 Å². The number of halogens is 4. The Kier molecular flexibility index (Phi) is 6.40. The molecule has 2 heterocycles. The second kappa shape index (κ2) is 8.14. The van der Waals surface area contributed by atoms with Crippen molar-refractivity contribution in [3.8, 4) is 5.75 Å². The van der Waals surface area contributed by atoms with E-state index >= 15 is 0 Å². The van der Waals surface area contributed by atoms with Gasteiger partial charge in [-0.3, -0.25) is 0 Å². The second-order valence-corrected chi connectivity index (χ2v) is 6.07. The van der Waals surface area contributed by atoms with E-state index in [9.17, 15) is 18.0 Å². The molecule has 1 aromatic rings. The molecule has 140 valence electrons. The molecule has 0 atom stereocenters. The molecular formula is C16H21ClF3N3O2. The first-order chi connectivity index (χ1) is 11.4. The summed E-state index contributed by atoms with van der Waals surface area (Å²) in [6.45, 7) is 3.60. The van der Waals surface area contributed by atoms with Gasteiger partial charge >= 0.3 is 12.4 Å². The molecule has 2 amide bonds. The van der Waals surface area contributed by atoms with Gasteiger partial charge in [0.25, 0.3) is 0 Å². The summed E-state index contributed by atoms with van der Waals surface area (Å²) in [4.78, 5) is 16.2. The Morgan fingerprint density at radius 1 is 1.12 bits per heavy atom. The maximum absolute atomic E-state index is 12.5. The maximum atomic E-state index is 12.5. The van der Waals surface area contributed by atoms with Crippen LogP contribution in [0.15, 0.2) is 24.3 Å². The molecule has 1 aromatic carbocycles. The summed E-state index contributed by atoms with van der Waals surface area (Å²) in [6.07, 6.45) is -2.77. The lowest BCUT2D eigenvalue weighted by atomic mass is 10.1. The normalized spacial score (nSPS) is 19.1. The zero-order chi connectivity index (χ0) is 17.2. The number of hydrogen-bond donors (Lipinski definition) is 1. The first-order valence-corrected chi connectivity index (χ1v) is 8.03. The fraction of sp³-hybridized carbons (Fsp3) is 0.562. The highest BCUT2D eigenvalue weighted by Gasteiger charge is 2.34. The van der Waals surface area contributed by atoms with Crippen molar-refractivity contribution in [3.05, 3.63) is 29.8 Å². The van der Waals surface area contributed by atoms with Crippen LogP contribution < -0.4 is 10.1 Å². The van der Waals surface area contributed by atoms with Crippen LogP contribution >= 0.6 is 12.4 Å². The van der Waals surface area contributed by atoms with Crippen LogP contribution in [0.5, 0.6) is 5.75 Å². The van der Waals surface area contributed by atoms with E-state index in [0.717, 1.165) is 31.5 Å². The van der Waals surface area contributed by atoms with Crippen molar-refractivity contribution in [1.82, 2.24) is 15.1 Å². The number of urea groups is 1. The molecule has 0 aromatic heterocycles. The largest absolute Gasteiger partial charge is 0.573 e. The number of carbonyl (C=O) groups is 1. The molecule has 2 aliphatic rings. The maximum Gasteiger partial charge on any atom is 0.573 e. The Hall–Kier alpha value is -1.67. The van der Waals surface area contributed by atoms with E-state index < -0.39 is 6.36 Å². The number of hydrogen-bond acceptors (Lipinski definition) is 3. The number of piperidine rings is 1. The zero-order valence-corrected chi connectivity index (χ0v) is 14.4. The van der Waals surface area contributed by atoms with Crippen LogP contribution in [0.25, 0.3) is 0 Å². The van der Waals surface area contributed by atoms with Crippen LogP contribution in [-0.2, 0) is 6.54 Å². The summed E-state index contributed by atoms with van der Waals surface area (Å²) >= 11 is 0. The standard InChI is InChI=1S/C16H20F3N3O2.ClH/c17-16(18,19)24-14-3-1-12(2-4-14)11-21-9-10-22(15(21)23)13-5-7-20-8-6-13;/h1-4,13,20H,5-11H2;1H. The van der Waals surface area contributed by atoms with Gasteiger partial charge in [0.1, 0.15) is 5.75 Å². The summed E-state index contributed by atoms with van der Waals surface area (Å²) < 4.78 is 40.3. The molecule has 0 saturated carbocycles. The molecule has 9 heteroatoms. The summed E-state index contributed by atoms with van der Waals surface area (Å²) in [5, 5.41) is 3.28. The fourth-order valence-corrected chi connectivity index (χ4v) is 3.22. The lowest BCUT2D eigenvalue weighted by Gasteiger charge is -2.31. The number of rotatable bonds is 4. The molecule has 0 bridgehead atoms. The van der Waals surface area contributed by atoms with Crippen molar-refractivity contribution in [1.29, 1.82) is 0 Å². The minimum Gasteiger partial charge on any atom is -0.406 e. The highest BCUT2D eigenvalue weighted by molar-refractivity contribution is 5.85. The summed E-state index contributed by atoms with van der Waals surface area (Å²) in [5.41, 5.74) is 0.782. The second-order valence-electron chi connectivity index (χ2n) is 6.07. The minimum absolute atomic E-state index is 0. The number of amides is 2. The smallest absolute Gasteiger partial charge is 0.406 e. The molecular weight excluding hydrogens is 359 g/mol. The van der Waals surface area contributed by atoms with Crippen molar-refractivity contribution in [2.75, 3.05) is 26.2 Å². The molecule has 0 unspecified atom stereocenters. The van der Waals surface area contributed by atoms with Crippen molar-refractivity contribution in [2.24, 2.45) is 0 Å². The number of alkyl halides is 3. The topological polar surface area (TPSA) is 44.8 Å². The summed E-state index contributed by atoms with van der Waals surface area (Å²) in [5.74, 6) is -0.254. The number of nitrogens with zero attached hydrogens (tertiary/aromatic N) is 2. The Balaban J connectivity index is 0.00000225. The highest BCUT2D eigenvalue weighted by Crippen LogP contribution is 2.24. The van der Waals surface area contributed by atoms with Crippen LogP contribution in [0.4, 0.5) is 18.0 Å². The fourth-order valence-electron chi connectivity index (χ4n) is 3.22. The quantitative estimate of drug-likeness (QED) is 0.874. The average Bonchev–Trinajstić information content (AvgIpc) is 2.90. The summed E-state index contributed by atoms with van der Waals surface area (Å²) in [6, 6.07) is 5.95. The molecule has 3 rings (SSSR count). The Morgan fingerprint density at radius 2 is 1.76 bits per heavy atom. The first-order valence-electron chi connectivity index (χ1n) is 8.03. The van der Waals surface area contributed by atoms with Crippen molar-refractivity contribution < 1.29 is 22.7 Å². The van der Waals surface area contributed by atoms with E-state index in [0.29, 0.717) is 19.6 Å². The lowest BCUT2D eigenvalue weighted by molar-refractivity contribution is -0.274. The number of benzene rings is 1. The number of nitrogens with one attached hydrogen (secondary N) is 1. The van der Waals surface area contributed by atoms with Gasteiger partial charge in [-0.05, 0) is 43.6 Å². The molecule has 2 aliphatic heterocycles.